The summed E-state index contributed by atoms with van der Waals surface area (Å²) < 4.78 is 26.3. The first-order valence-corrected chi connectivity index (χ1v) is 8.06. The molecule has 1 fully saturated rings. The minimum absolute atomic E-state index is 0.0402. The standard InChI is InChI=1S/C19H20F2N2O/c1-3-23(2)14-6-4-5-13(10-14)22-19(24)16-11-15(16)12-7-8-17(20)18(21)9-12/h4-10,15-16H,3,11H2,1-2H3,(H,22,24). The molecule has 0 saturated heterocycles. The van der Waals surface area contributed by atoms with E-state index in [2.05, 4.69) is 17.1 Å². The van der Waals surface area contributed by atoms with Gasteiger partial charge >= 0.3 is 0 Å². The van der Waals surface area contributed by atoms with Crippen LogP contribution in [0.15, 0.2) is 42.5 Å². The number of hydrogen-bond donors (Lipinski definition) is 1. The Balaban J connectivity index is 1.65. The number of nitrogens with one attached hydrogen (secondary N) is 1. The fourth-order valence-electron chi connectivity index (χ4n) is 2.83. The van der Waals surface area contributed by atoms with E-state index in [0.717, 1.165) is 24.0 Å². The van der Waals surface area contributed by atoms with Gasteiger partial charge in [0, 0.05) is 30.9 Å². The number of nitrogens with zero attached hydrogens (tertiary/aromatic N) is 1. The first-order chi connectivity index (χ1) is 11.5. The first-order valence-electron chi connectivity index (χ1n) is 8.06. The number of carbonyl (C=O) groups excluding carboxylic acids is 1. The maximum absolute atomic E-state index is 13.3. The Hall–Kier alpha value is -2.43. The molecule has 0 spiro atoms. The predicted octanol–water partition coefficient (Wildman–Crippen LogP) is 4.16. The van der Waals surface area contributed by atoms with Gasteiger partial charge in [0.05, 0.1) is 0 Å². The van der Waals surface area contributed by atoms with Gasteiger partial charge in [-0.3, -0.25) is 4.79 Å². The van der Waals surface area contributed by atoms with Crippen molar-refractivity contribution in [2.75, 3.05) is 23.8 Å². The van der Waals surface area contributed by atoms with Gasteiger partial charge in [0.15, 0.2) is 11.6 Å². The molecular weight excluding hydrogens is 310 g/mol. The summed E-state index contributed by atoms with van der Waals surface area (Å²) in [4.78, 5) is 14.4. The van der Waals surface area contributed by atoms with Crippen molar-refractivity contribution in [1.82, 2.24) is 0 Å². The molecule has 24 heavy (non-hydrogen) atoms. The van der Waals surface area contributed by atoms with E-state index in [1.54, 1.807) is 6.07 Å². The van der Waals surface area contributed by atoms with Crippen LogP contribution in [0.4, 0.5) is 20.2 Å². The van der Waals surface area contributed by atoms with Crippen molar-refractivity contribution in [2.24, 2.45) is 5.92 Å². The van der Waals surface area contributed by atoms with Crippen molar-refractivity contribution < 1.29 is 13.6 Å². The van der Waals surface area contributed by atoms with Gasteiger partial charge in [0.1, 0.15) is 0 Å². The molecule has 5 heteroatoms. The minimum Gasteiger partial charge on any atom is -0.375 e. The number of rotatable bonds is 5. The van der Waals surface area contributed by atoms with Gasteiger partial charge in [-0.1, -0.05) is 12.1 Å². The molecule has 0 radical (unpaired) electrons. The van der Waals surface area contributed by atoms with E-state index in [0.29, 0.717) is 12.0 Å². The molecule has 3 rings (SSSR count). The Labute approximate surface area is 140 Å². The van der Waals surface area contributed by atoms with Crippen LogP contribution in [0.2, 0.25) is 0 Å². The number of carbonyl (C=O) groups is 1. The molecule has 126 valence electrons. The lowest BCUT2D eigenvalue weighted by Crippen LogP contribution is -2.17. The number of anilines is 2. The highest BCUT2D eigenvalue weighted by Crippen LogP contribution is 2.48. The topological polar surface area (TPSA) is 32.3 Å². The van der Waals surface area contributed by atoms with Crippen molar-refractivity contribution in [3.05, 3.63) is 59.7 Å². The van der Waals surface area contributed by atoms with Crippen LogP contribution in [-0.2, 0) is 4.79 Å². The van der Waals surface area contributed by atoms with Crippen LogP contribution in [0, 0.1) is 17.6 Å². The summed E-state index contributed by atoms with van der Waals surface area (Å²) in [7, 11) is 1.99. The van der Waals surface area contributed by atoms with Crippen LogP contribution in [0.3, 0.4) is 0 Å². The smallest absolute Gasteiger partial charge is 0.228 e. The molecule has 0 bridgehead atoms. The lowest BCUT2D eigenvalue weighted by molar-refractivity contribution is -0.117. The summed E-state index contributed by atoms with van der Waals surface area (Å²) in [5, 5.41) is 2.92. The zero-order valence-corrected chi connectivity index (χ0v) is 13.7. The number of halogens is 2. The second-order valence-corrected chi connectivity index (χ2v) is 6.18. The van der Waals surface area contributed by atoms with Gasteiger partial charge in [-0.15, -0.1) is 0 Å². The van der Waals surface area contributed by atoms with Crippen molar-refractivity contribution in [3.8, 4) is 0 Å². The summed E-state index contributed by atoms with van der Waals surface area (Å²) in [5.41, 5.74) is 2.45. The van der Waals surface area contributed by atoms with Crippen LogP contribution >= 0.6 is 0 Å². The Bertz CT molecular complexity index is 763. The first kappa shape index (κ1) is 16.4. The van der Waals surface area contributed by atoms with Crippen molar-refractivity contribution in [1.29, 1.82) is 0 Å². The third-order valence-corrected chi connectivity index (χ3v) is 4.53. The van der Waals surface area contributed by atoms with E-state index >= 15 is 0 Å². The highest BCUT2D eigenvalue weighted by Gasteiger charge is 2.44. The van der Waals surface area contributed by atoms with Gasteiger partial charge in [-0.05, 0) is 55.2 Å². The molecule has 0 heterocycles. The lowest BCUT2D eigenvalue weighted by Gasteiger charge is -2.17. The maximum Gasteiger partial charge on any atom is 0.228 e. The Kier molecular flexibility index (Phi) is 4.51. The number of hydrogen-bond acceptors (Lipinski definition) is 2. The molecule has 2 unspecified atom stereocenters. The fourth-order valence-corrected chi connectivity index (χ4v) is 2.83. The highest BCUT2D eigenvalue weighted by molar-refractivity contribution is 5.95. The zero-order chi connectivity index (χ0) is 17.3. The molecule has 2 aromatic carbocycles. The lowest BCUT2D eigenvalue weighted by atomic mass is 10.1. The van der Waals surface area contributed by atoms with E-state index in [9.17, 15) is 13.6 Å². The summed E-state index contributed by atoms with van der Waals surface area (Å²) >= 11 is 0. The molecule has 1 saturated carbocycles. The Morgan fingerprint density at radius 3 is 2.71 bits per heavy atom. The third-order valence-electron chi connectivity index (χ3n) is 4.53. The van der Waals surface area contributed by atoms with Crippen molar-refractivity contribution in [3.63, 3.8) is 0 Å². The molecule has 3 nitrogen and oxygen atoms in total. The normalized spacial score (nSPS) is 19.0. The molecule has 1 N–H and O–H groups in total. The third kappa shape index (κ3) is 3.40. The zero-order valence-electron chi connectivity index (χ0n) is 13.7. The molecule has 1 aliphatic carbocycles. The molecule has 0 aliphatic heterocycles. The molecule has 2 atom stereocenters. The monoisotopic (exact) mass is 330 g/mol. The van der Waals surface area contributed by atoms with E-state index in [1.165, 1.54) is 6.07 Å². The van der Waals surface area contributed by atoms with Crippen LogP contribution in [0.25, 0.3) is 0 Å². The van der Waals surface area contributed by atoms with E-state index in [4.69, 9.17) is 0 Å². The summed E-state index contributed by atoms with van der Waals surface area (Å²) in [6, 6.07) is 11.5. The average Bonchev–Trinajstić information content (AvgIpc) is 3.37. The van der Waals surface area contributed by atoms with E-state index in [-0.39, 0.29) is 17.7 Å². The second-order valence-electron chi connectivity index (χ2n) is 6.18. The van der Waals surface area contributed by atoms with E-state index < -0.39 is 11.6 Å². The van der Waals surface area contributed by atoms with Gasteiger partial charge < -0.3 is 10.2 Å². The average molecular weight is 330 g/mol. The largest absolute Gasteiger partial charge is 0.375 e. The van der Waals surface area contributed by atoms with Crippen LogP contribution < -0.4 is 10.2 Å². The van der Waals surface area contributed by atoms with E-state index in [1.807, 2.05) is 31.3 Å². The summed E-state index contributed by atoms with van der Waals surface area (Å²) in [6.07, 6.45) is 0.658. The van der Waals surface area contributed by atoms with Gasteiger partial charge in [0.25, 0.3) is 0 Å². The second kappa shape index (κ2) is 6.59. The Morgan fingerprint density at radius 2 is 2.00 bits per heavy atom. The fraction of sp³-hybridized carbons (Fsp3) is 0.316. The van der Waals surface area contributed by atoms with Gasteiger partial charge in [-0.25, -0.2) is 8.78 Å². The predicted molar refractivity (Wildman–Crippen MR) is 91.2 cm³/mol. The highest BCUT2D eigenvalue weighted by atomic mass is 19.2. The molecule has 1 amide bonds. The number of amides is 1. The molecule has 1 aliphatic rings. The van der Waals surface area contributed by atoms with Crippen molar-refractivity contribution in [2.45, 2.75) is 19.3 Å². The molecular formula is C19H20F2N2O. The Morgan fingerprint density at radius 1 is 1.21 bits per heavy atom. The summed E-state index contributed by atoms with van der Waals surface area (Å²) in [5.74, 6) is -2.05. The number of benzene rings is 2. The SMILES string of the molecule is CCN(C)c1cccc(NC(=O)C2CC2c2ccc(F)c(F)c2)c1. The van der Waals surface area contributed by atoms with Crippen LogP contribution in [-0.4, -0.2) is 19.5 Å². The van der Waals surface area contributed by atoms with Crippen LogP contribution in [0.5, 0.6) is 0 Å². The van der Waals surface area contributed by atoms with Gasteiger partial charge in [-0.2, -0.15) is 0 Å². The maximum atomic E-state index is 13.3. The van der Waals surface area contributed by atoms with Crippen LogP contribution in [0.1, 0.15) is 24.8 Å². The minimum atomic E-state index is -0.867. The quantitative estimate of drug-likeness (QED) is 0.893. The van der Waals surface area contributed by atoms with Gasteiger partial charge in [0.2, 0.25) is 5.91 Å². The van der Waals surface area contributed by atoms with Crippen molar-refractivity contribution >= 4 is 17.3 Å². The molecule has 2 aromatic rings. The molecule has 0 aromatic heterocycles. The summed E-state index contributed by atoms with van der Waals surface area (Å²) in [6.45, 7) is 2.93.